The quantitative estimate of drug-likeness (QED) is 0.495. The van der Waals surface area contributed by atoms with Gasteiger partial charge in [-0.1, -0.05) is 12.2 Å². The van der Waals surface area contributed by atoms with Crippen LogP contribution in [0, 0.1) is 0 Å². The lowest BCUT2D eigenvalue weighted by Crippen LogP contribution is -2.12. The van der Waals surface area contributed by atoms with Crippen LogP contribution in [0.5, 0.6) is 0 Å². The van der Waals surface area contributed by atoms with E-state index in [4.69, 9.17) is 4.74 Å². The summed E-state index contributed by atoms with van der Waals surface area (Å²) in [4.78, 5) is 0. The molecule has 0 aromatic heterocycles. The highest BCUT2D eigenvalue weighted by Gasteiger charge is 2.12. The molecule has 0 N–H and O–H groups in total. The Hall–Kier alpha value is -0.560. The zero-order valence-corrected chi connectivity index (χ0v) is 6.10. The van der Waals surface area contributed by atoms with Gasteiger partial charge in [0, 0.05) is 0 Å². The second-order valence-corrected chi connectivity index (χ2v) is 2.84. The van der Waals surface area contributed by atoms with Crippen molar-refractivity contribution in [3.05, 3.63) is 23.3 Å². The highest BCUT2D eigenvalue weighted by Crippen LogP contribution is 2.24. The molecule has 1 fully saturated rings. The Morgan fingerprint density at radius 2 is 1.90 bits per heavy atom. The minimum Gasteiger partial charge on any atom is -0.376 e. The van der Waals surface area contributed by atoms with Crippen molar-refractivity contribution in [2.45, 2.75) is 19.3 Å². The molecule has 0 aromatic rings. The summed E-state index contributed by atoms with van der Waals surface area (Å²) in [6.45, 7) is 1.77. The van der Waals surface area contributed by atoms with Gasteiger partial charge < -0.3 is 4.74 Å². The molecule has 0 aromatic carbocycles. The van der Waals surface area contributed by atoms with Crippen molar-refractivity contribution >= 4 is 0 Å². The second kappa shape index (κ2) is 2.59. The van der Waals surface area contributed by atoms with Crippen molar-refractivity contribution in [1.29, 1.82) is 0 Å². The largest absolute Gasteiger partial charge is 0.376 e. The van der Waals surface area contributed by atoms with Crippen molar-refractivity contribution in [2.24, 2.45) is 0 Å². The minimum atomic E-state index is 0.853. The molecule has 0 saturated carbocycles. The molecule has 1 heteroatoms. The summed E-state index contributed by atoms with van der Waals surface area (Å²) in [6.07, 6.45) is 8.25. The Morgan fingerprint density at radius 3 is 2.70 bits per heavy atom. The van der Waals surface area contributed by atoms with E-state index < -0.39 is 0 Å². The summed E-state index contributed by atoms with van der Waals surface area (Å²) in [5.74, 6) is 0. The van der Waals surface area contributed by atoms with Gasteiger partial charge in [-0.25, -0.2) is 0 Å². The van der Waals surface area contributed by atoms with Gasteiger partial charge in [0.1, 0.15) is 0 Å². The van der Waals surface area contributed by atoms with Crippen LogP contribution in [0.2, 0.25) is 0 Å². The summed E-state index contributed by atoms with van der Waals surface area (Å²) in [6, 6.07) is 0. The average Bonchev–Trinajstić information content (AvgIpc) is 2.05. The van der Waals surface area contributed by atoms with E-state index in [1.165, 1.54) is 24.0 Å². The molecule has 0 unspecified atom stereocenters. The lowest BCUT2D eigenvalue weighted by molar-refractivity contribution is 0.145. The zero-order chi connectivity index (χ0) is 6.81. The third-order valence-electron chi connectivity index (χ3n) is 2.13. The Labute approximate surface area is 61.4 Å². The molecule has 1 aliphatic carbocycles. The minimum absolute atomic E-state index is 0.853. The third kappa shape index (κ3) is 1.01. The first kappa shape index (κ1) is 6.17. The van der Waals surface area contributed by atoms with Crippen LogP contribution in [0.3, 0.4) is 0 Å². The van der Waals surface area contributed by atoms with Crippen LogP contribution in [0.25, 0.3) is 0 Å². The Morgan fingerprint density at radius 1 is 1.10 bits per heavy atom. The molecule has 2 rings (SSSR count). The molecule has 1 heterocycles. The van der Waals surface area contributed by atoms with E-state index >= 15 is 0 Å². The summed E-state index contributed by atoms with van der Waals surface area (Å²) in [7, 11) is 0. The first-order valence-corrected chi connectivity index (χ1v) is 3.93. The topological polar surface area (TPSA) is 9.23 Å². The van der Waals surface area contributed by atoms with Gasteiger partial charge in [0.2, 0.25) is 0 Å². The second-order valence-electron chi connectivity index (χ2n) is 2.84. The number of ether oxygens (including phenoxy) is 1. The van der Waals surface area contributed by atoms with Gasteiger partial charge in [-0.15, -0.1) is 0 Å². The molecule has 1 saturated heterocycles. The summed E-state index contributed by atoms with van der Waals surface area (Å²) >= 11 is 0. The van der Waals surface area contributed by atoms with Gasteiger partial charge >= 0.3 is 0 Å². The van der Waals surface area contributed by atoms with Crippen molar-refractivity contribution in [1.82, 2.24) is 0 Å². The SMILES string of the molecule is C1=C2CCOCC2=CCC1. The van der Waals surface area contributed by atoms with Crippen LogP contribution in [0.1, 0.15) is 19.3 Å². The lowest BCUT2D eigenvalue weighted by atomic mass is 9.95. The number of hydrogen-bond acceptors (Lipinski definition) is 1. The van der Waals surface area contributed by atoms with E-state index in [2.05, 4.69) is 12.2 Å². The Kier molecular flexibility index (Phi) is 1.60. The molecule has 10 heavy (non-hydrogen) atoms. The predicted molar refractivity (Wildman–Crippen MR) is 40.8 cm³/mol. The van der Waals surface area contributed by atoms with E-state index in [1.54, 1.807) is 0 Å². The van der Waals surface area contributed by atoms with Crippen molar-refractivity contribution in [3.63, 3.8) is 0 Å². The lowest BCUT2D eigenvalue weighted by Gasteiger charge is -2.21. The van der Waals surface area contributed by atoms with Gasteiger partial charge in [0.05, 0.1) is 13.2 Å². The van der Waals surface area contributed by atoms with E-state index in [-0.39, 0.29) is 0 Å². The highest BCUT2D eigenvalue weighted by molar-refractivity contribution is 5.35. The molecule has 2 aliphatic rings. The van der Waals surface area contributed by atoms with Crippen LogP contribution >= 0.6 is 0 Å². The Bertz CT molecular complexity index is 167. The highest BCUT2D eigenvalue weighted by atomic mass is 16.5. The molecule has 54 valence electrons. The summed E-state index contributed by atoms with van der Waals surface area (Å²) in [5, 5.41) is 0. The van der Waals surface area contributed by atoms with Crippen molar-refractivity contribution in [3.8, 4) is 0 Å². The van der Waals surface area contributed by atoms with Crippen LogP contribution < -0.4 is 0 Å². The molecule has 1 nitrogen and oxygen atoms in total. The molecule has 1 aliphatic heterocycles. The van der Waals surface area contributed by atoms with Gasteiger partial charge in [0.25, 0.3) is 0 Å². The van der Waals surface area contributed by atoms with Crippen LogP contribution in [0.4, 0.5) is 0 Å². The number of rotatable bonds is 0. The summed E-state index contributed by atoms with van der Waals surface area (Å²) < 4.78 is 5.33. The standard InChI is InChI=1S/C9H12O/c1-2-4-9-7-10-6-5-8(9)3-1/h3-4H,1-2,5-7H2. The van der Waals surface area contributed by atoms with E-state index in [1.807, 2.05) is 0 Å². The van der Waals surface area contributed by atoms with E-state index in [9.17, 15) is 0 Å². The first-order valence-electron chi connectivity index (χ1n) is 3.93. The number of allylic oxidation sites excluding steroid dienone is 2. The molecule has 0 radical (unpaired) electrons. The maximum Gasteiger partial charge on any atom is 0.0716 e. The Balaban J connectivity index is 2.19. The van der Waals surface area contributed by atoms with Gasteiger partial charge in [-0.2, -0.15) is 0 Å². The fourth-order valence-corrected chi connectivity index (χ4v) is 1.56. The van der Waals surface area contributed by atoms with Crippen LogP contribution in [-0.2, 0) is 4.74 Å². The van der Waals surface area contributed by atoms with Crippen LogP contribution in [0.15, 0.2) is 23.3 Å². The third-order valence-corrected chi connectivity index (χ3v) is 2.13. The predicted octanol–water partition coefficient (Wildman–Crippen LogP) is 2.05. The smallest absolute Gasteiger partial charge is 0.0716 e. The van der Waals surface area contributed by atoms with E-state index in [0.29, 0.717) is 0 Å². The maximum atomic E-state index is 5.33. The fraction of sp³-hybridized carbons (Fsp3) is 0.556. The van der Waals surface area contributed by atoms with Crippen LogP contribution in [-0.4, -0.2) is 13.2 Å². The molecule has 0 spiro atoms. The van der Waals surface area contributed by atoms with Gasteiger partial charge in [-0.05, 0) is 30.4 Å². The summed E-state index contributed by atoms with van der Waals surface area (Å²) in [5.41, 5.74) is 2.98. The molecule has 0 atom stereocenters. The van der Waals surface area contributed by atoms with Crippen molar-refractivity contribution in [2.75, 3.05) is 13.2 Å². The maximum absolute atomic E-state index is 5.33. The van der Waals surface area contributed by atoms with Crippen molar-refractivity contribution < 1.29 is 4.74 Å². The monoisotopic (exact) mass is 136 g/mol. The molecule has 0 amide bonds. The number of fused-ring (bicyclic) bond motifs is 1. The number of hydrogen-bond donors (Lipinski definition) is 0. The molecule has 0 bridgehead atoms. The zero-order valence-electron chi connectivity index (χ0n) is 6.10. The van der Waals surface area contributed by atoms with E-state index in [0.717, 1.165) is 19.6 Å². The molecular formula is C9H12O. The average molecular weight is 136 g/mol. The normalized spacial score (nSPS) is 24.8. The fourth-order valence-electron chi connectivity index (χ4n) is 1.56. The molecular weight excluding hydrogens is 124 g/mol. The van der Waals surface area contributed by atoms with Gasteiger partial charge in [0.15, 0.2) is 0 Å². The van der Waals surface area contributed by atoms with Gasteiger partial charge in [-0.3, -0.25) is 0 Å². The first-order chi connectivity index (χ1) is 4.97.